The van der Waals surface area contributed by atoms with Crippen molar-refractivity contribution in [3.05, 3.63) is 24.0 Å². The first-order chi connectivity index (χ1) is 11.2. The summed E-state index contributed by atoms with van der Waals surface area (Å²) in [5.41, 5.74) is 0.918. The Hall–Kier alpha value is -1.03. The van der Waals surface area contributed by atoms with Crippen LogP contribution in [-0.4, -0.2) is 21.4 Å². The zero-order valence-corrected chi connectivity index (χ0v) is 17.6. The van der Waals surface area contributed by atoms with Gasteiger partial charge in [0.2, 0.25) is 0 Å². The molecule has 0 N–H and O–H groups in total. The van der Waals surface area contributed by atoms with E-state index >= 15 is 0 Å². The monoisotopic (exact) mass is 350 g/mol. The summed E-state index contributed by atoms with van der Waals surface area (Å²) in [5.74, 6) is 1.33. The van der Waals surface area contributed by atoms with Gasteiger partial charge >= 0.3 is 5.97 Å². The van der Waals surface area contributed by atoms with E-state index in [2.05, 4.69) is 53.7 Å². The van der Waals surface area contributed by atoms with Crippen molar-refractivity contribution in [3.8, 4) is 0 Å². The predicted molar refractivity (Wildman–Crippen MR) is 101 cm³/mol. The third kappa shape index (κ3) is 2.49. The summed E-state index contributed by atoms with van der Waals surface area (Å²) in [4.78, 5) is 12.7. The lowest BCUT2D eigenvalue weighted by atomic mass is 10.0. The maximum Gasteiger partial charge on any atom is 0.320 e. The molecule has 24 heavy (non-hydrogen) atoms. The molecule has 1 fully saturated rings. The lowest BCUT2D eigenvalue weighted by Crippen LogP contribution is -2.48. The van der Waals surface area contributed by atoms with Crippen molar-refractivity contribution in [1.29, 1.82) is 0 Å². The fourth-order valence-electron chi connectivity index (χ4n) is 5.29. The molecule has 4 heteroatoms. The number of carbonyl (C=O) groups is 1. The molecular weight excluding hydrogens is 316 g/mol. The Balaban J connectivity index is 2.42. The van der Waals surface area contributed by atoms with Gasteiger partial charge in [-0.25, -0.2) is 0 Å². The maximum atomic E-state index is 12.7. The molecule has 3 nitrogen and oxygen atoms in total. The zero-order chi connectivity index (χ0) is 18.3. The number of hydrogen-bond donors (Lipinski definition) is 0. The first-order valence-electron chi connectivity index (χ1n) is 9.31. The molecule has 0 saturated heterocycles. The van der Waals surface area contributed by atoms with E-state index < -0.39 is 13.7 Å². The molecule has 1 saturated carbocycles. The molecule has 0 unspecified atom stereocenters. The summed E-state index contributed by atoms with van der Waals surface area (Å²) in [7, 11) is -0.573. The molecule has 0 aromatic rings. The van der Waals surface area contributed by atoms with Gasteiger partial charge in [0.1, 0.15) is 5.41 Å². The van der Waals surface area contributed by atoms with Gasteiger partial charge in [-0.1, -0.05) is 53.7 Å². The molecule has 3 atom stereocenters. The highest BCUT2D eigenvalue weighted by Gasteiger charge is 2.75. The number of hydrogen-bond acceptors (Lipinski definition) is 3. The van der Waals surface area contributed by atoms with E-state index in [1.54, 1.807) is 0 Å². The largest absolute Gasteiger partial charge is 0.545 e. The fourth-order valence-corrected chi connectivity index (χ4v) is 10.6. The van der Waals surface area contributed by atoms with Crippen LogP contribution >= 0.6 is 0 Å². The van der Waals surface area contributed by atoms with Crippen LogP contribution in [0.5, 0.6) is 0 Å². The average Bonchev–Trinajstić information content (AvgIpc) is 2.98. The van der Waals surface area contributed by atoms with Crippen molar-refractivity contribution < 1.29 is 14.0 Å². The first kappa shape index (κ1) is 19.3. The van der Waals surface area contributed by atoms with Crippen LogP contribution in [-0.2, 0) is 14.0 Å². The standard InChI is InChI=1S/C20H34O3Si/c1-9-10-16-17-11-12-18(20(16,17)19(21)22-8)23-24(13(2)3,14(4)5)15(6)7/h9-10,12-17H,11H2,1-8H3/b10-9-/t16-,17-,20-/m1/s1. The molecule has 0 aromatic carbocycles. The molecule has 0 aromatic heterocycles. The molecule has 0 aliphatic heterocycles. The SMILES string of the molecule is C/C=C\[C@@H]1[C@H]2CC=C(O[Si](C(C)C)(C(C)C)C(C)C)[C@@]12C(=O)OC. The van der Waals surface area contributed by atoms with Crippen LogP contribution in [0, 0.1) is 17.3 Å². The molecule has 0 bridgehead atoms. The van der Waals surface area contributed by atoms with Crippen molar-refractivity contribution in [2.75, 3.05) is 7.11 Å². The number of esters is 1. The van der Waals surface area contributed by atoms with Gasteiger partial charge in [-0.15, -0.1) is 0 Å². The van der Waals surface area contributed by atoms with Crippen LogP contribution in [0.25, 0.3) is 0 Å². The van der Waals surface area contributed by atoms with E-state index in [9.17, 15) is 4.79 Å². The summed E-state index contributed by atoms with van der Waals surface area (Å²) in [6.45, 7) is 15.7. The van der Waals surface area contributed by atoms with Gasteiger partial charge in [-0.2, -0.15) is 0 Å². The number of carbonyl (C=O) groups excluding carboxylic acids is 1. The van der Waals surface area contributed by atoms with Gasteiger partial charge < -0.3 is 9.16 Å². The van der Waals surface area contributed by atoms with Crippen molar-refractivity contribution in [1.82, 2.24) is 0 Å². The smallest absolute Gasteiger partial charge is 0.320 e. The molecule has 0 radical (unpaired) electrons. The maximum absolute atomic E-state index is 12.7. The van der Waals surface area contributed by atoms with E-state index in [4.69, 9.17) is 9.16 Å². The minimum absolute atomic E-state index is 0.126. The third-order valence-corrected chi connectivity index (χ3v) is 12.3. The van der Waals surface area contributed by atoms with E-state index in [-0.39, 0.29) is 11.9 Å². The average molecular weight is 351 g/mol. The highest BCUT2D eigenvalue weighted by Crippen LogP contribution is 2.71. The number of allylic oxidation sites excluding steroid dienone is 3. The molecular formula is C20H34O3Si. The minimum Gasteiger partial charge on any atom is -0.545 e. The Morgan fingerprint density at radius 2 is 1.75 bits per heavy atom. The molecule has 2 aliphatic rings. The van der Waals surface area contributed by atoms with Crippen molar-refractivity contribution >= 4 is 14.3 Å². The van der Waals surface area contributed by atoms with Gasteiger partial charge in [-0.3, -0.25) is 4.79 Å². The molecule has 136 valence electrons. The third-order valence-electron chi connectivity index (χ3n) is 6.32. The molecule has 0 spiro atoms. The van der Waals surface area contributed by atoms with Gasteiger partial charge in [0.25, 0.3) is 8.32 Å². The van der Waals surface area contributed by atoms with Gasteiger partial charge in [0.05, 0.1) is 12.9 Å². The minimum atomic E-state index is -2.07. The van der Waals surface area contributed by atoms with Crippen LogP contribution in [0.1, 0.15) is 54.9 Å². The Labute approximate surface area is 148 Å². The second kappa shape index (κ2) is 6.70. The normalized spacial score (nSPS) is 29.4. The van der Waals surface area contributed by atoms with Crippen LogP contribution in [0.15, 0.2) is 24.0 Å². The van der Waals surface area contributed by atoms with Gasteiger partial charge in [-0.05, 0) is 42.0 Å². The van der Waals surface area contributed by atoms with Crippen molar-refractivity contribution in [2.24, 2.45) is 17.3 Å². The second-order valence-electron chi connectivity index (χ2n) is 8.24. The van der Waals surface area contributed by atoms with Crippen molar-refractivity contribution in [2.45, 2.75) is 71.5 Å². The zero-order valence-electron chi connectivity index (χ0n) is 16.6. The lowest BCUT2D eigenvalue weighted by Gasteiger charge is -2.43. The molecule has 2 rings (SSSR count). The fraction of sp³-hybridized carbons (Fsp3) is 0.750. The van der Waals surface area contributed by atoms with E-state index in [0.29, 0.717) is 22.5 Å². The molecule has 2 aliphatic carbocycles. The summed E-state index contributed by atoms with van der Waals surface area (Å²) in [6, 6.07) is 0. The summed E-state index contributed by atoms with van der Waals surface area (Å²) in [5, 5.41) is 0. The van der Waals surface area contributed by atoms with Crippen molar-refractivity contribution in [3.63, 3.8) is 0 Å². The summed E-state index contributed by atoms with van der Waals surface area (Å²) >= 11 is 0. The second-order valence-corrected chi connectivity index (χ2v) is 13.6. The quantitative estimate of drug-likeness (QED) is 0.348. The first-order valence-corrected chi connectivity index (χ1v) is 11.5. The number of rotatable bonds is 7. The van der Waals surface area contributed by atoms with Crippen LogP contribution in [0.2, 0.25) is 16.6 Å². The predicted octanol–water partition coefficient (Wildman–Crippen LogP) is 5.45. The Morgan fingerprint density at radius 1 is 1.21 bits per heavy atom. The van der Waals surface area contributed by atoms with E-state index in [1.807, 2.05) is 13.0 Å². The highest BCUT2D eigenvalue weighted by molar-refractivity contribution is 6.77. The van der Waals surface area contributed by atoms with Gasteiger partial charge in [0, 0.05) is 5.92 Å². The summed E-state index contributed by atoms with van der Waals surface area (Å²) in [6.07, 6.45) is 7.28. The highest BCUT2D eigenvalue weighted by atomic mass is 28.4. The van der Waals surface area contributed by atoms with Crippen LogP contribution in [0.3, 0.4) is 0 Å². The molecule has 0 heterocycles. The van der Waals surface area contributed by atoms with Gasteiger partial charge in [0.15, 0.2) is 0 Å². The van der Waals surface area contributed by atoms with E-state index in [0.717, 1.165) is 12.2 Å². The van der Waals surface area contributed by atoms with Crippen LogP contribution < -0.4 is 0 Å². The lowest BCUT2D eigenvalue weighted by molar-refractivity contribution is -0.147. The Bertz CT molecular complexity index is 525. The molecule has 0 amide bonds. The Kier molecular flexibility index (Phi) is 5.39. The number of fused-ring (bicyclic) bond motifs is 1. The Morgan fingerprint density at radius 3 is 2.17 bits per heavy atom. The van der Waals surface area contributed by atoms with Crippen LogP contribution in [0.4, 0.5) is 0 Å². The number of ether oxygens (including phenoxy) is 1. The topological polar surface area (TPSA) is 35.5 Å². The summed E-state index contributed by atoms with van der Waals surface area (Å²) < 4.78 is 12.1. The van der Waals surface area contributed by atoms with E-state index in [1.165, 1.54) is 7.11 Å². The number of methoxy groups -OCH3 is 1.